The lowest BCUT2D eigenvalue weighted by molar-refractivity contribution is 0.246. The lowest BCUT2D eigenvalue weighted by atomic mass is 9.77. The molecule has 0 unspecified atom stereocenters. The number of aromatic nitrogens is 2. The highest BCUT2D eigenvalue weighted by molar-refractivity contribution is 7.91. The van der Waals surface area contributed by atoms with E-state index in [1.165, 1.54) is 0 Å². The van der Waals surface area contributed by atoms with E-state index in [-0.39, 0.29) is 11.0 Å². The molecule has 1 heterocycles. The number of hydrogen-bond acceptors (Lipinski definition) is 3. The molecular formula is C14H24N2O2S. The van der Waals surface area contributed by atoms with Gasteiger partial charge >= 0.3 is 0 Å². The second-order valence-corrected chi connectivity index (χ2v) is 8.87. The van der Waals surface area contributed by atoms with Crippen molar-refractivity contribution in [2.75, 3.05) is 0 Å². The summed E-state index contributed by atoms with van der Waals surface area (Å²) in [5, 5.41) is 4.05. The van der Waals surface area contributed by atoms with Crippen molar-refractivity contribution in [3.05, 3.63) is 17.5 Å². The molecule has 0 N–H and O–H groups in total. The summed E-state index contributed by atoms with van der Waals surface area (Å²) in [6, 6.07) is 0. The van der Waals surface area contributed by atoms with E-state index in [0.717, 1.165) is 36.9 Å². The van der Waals surface area contributed by atoms with Crippen LogP contribution in [0.5, 0.6) is 0 Å². The molecule has 0 amide bonds. The predicted molar refractivity (Wildman–Crippen MR) is 76.6 cm³/mol. The van der Waals surface area contributed by atoms with Crippen LogP contribution in [-0.2, 0) is 22.6 Å². The molecule has 0 spiro atoms. The van der Waals surface area contributed by atoms with Gasteiger partial charge in [-0.3, -0.25) is 4.68 Å². The number of nitrogens with zero attached hydrogens (tertiary/aromatic N) is 2. The van der Waals surface area contributed by atoms with Gasteiger partial charge in [0.05, 0.1) is 16.7 Å². The Bertz CT molecular complexity index is 548. The fraction of sp³-hybridized carbons (Fsp3) is 0.786. The van der Waals surface area contributed by atoms with Gasteiger partial charge in [-0.05, 0) is 38.0 Å². The van der Waals surface area contributed by atoms with Crippen molar-refractivity contribution in [2.24, 2.45) is 12.5 Å². The van der Waals surface area contributed by atoms with E-state index in [2.05, 4.69) is 18.9 Å². The number of aryl methyl sites for hydroxylation is 2. The monoisotopic (exact) mass is 284 g/mol. The molecule has 0 radical (unpaired) electrons. The number of hydrogen-bond donors (Lipinski definition) is 0. The molecule has 1 aliphatic carbocycles. The minimum Gasteiger partial charge on any atom is -0.275 e. The Morgan fingerprint density at radius 3 is 2.42 bits per heavy atom. The first-order chi connectivity index (χ1) is 8.70. The fourth-order valence-corrected chi connectivity index (χ4v) is 4.76. The second-order valence-electron chi connectivity index (χ2n) is 6.58. The Hall–Kier alpha value is -0.840. The summed E-state index contributed by atoms with van der Waals surface area (Å²) in [6.07, 6.45) is 5.43. The first-order valence-corrected chi connectivity index (χ1v) is 8.62. The SMILES string of the molecule is Cc1nn(C)cc1CS(=O)(=O)C1CCC(C)(C)CC1. The smallest absolute Gasteiger partial charge is 0.157 e. The van der Waals surface area contributed by atoms with Crippen LogP contribution < -0.4 is 0 Å². The normalized spacial score (nSPS) is 20.6. The van der Waals surface area contributed by atoms with E-state index in [1.807, 2.05) is 20.2 Å². The first-order valence-electron chi connectivity index (χ1n) is 6.90. The molecule has 2 rings (SSSR count). The molecule has 4 nitrogen and oxygen atoms in total. The van der Waals surface area contributed by atoms with E-state index in [0.29, 0.717) is 5.41 Å². The third-order valence-electron chi connectivity index (χ3n) is 4.27. The van der Waals surface area contributed by atoms with E-state index >= 15 is 0 Å². The van der Waals surface area contributed by atoms with Crippen molar-refractivity contribution in [1.29, 1.82) is 0 Å². The van der Waals surface area contributed by atoms with Crippen molar-refractivity contribution in [3.8, 4) is 0 Å². The maximum atomic E-state index is 12.5. The van der Waals surface area contributed by atoms with Crippen molar-refractivity contribution in [3.63, 3.8) is 0 Å². The zero-order valence-corrected chi connectivity index (χ0v) is 13.1. The maximum Gasteiger partial charge on any atom is 0.157 e. The predicted octanol–water partition coefficient (Wildman–Crippen LogP) is 2.61. The summed E-state index contributed by atoms with van der Waals surface area (Å²) in [4.78, 5) is 0. The van der Waals surface area contributed by atoms with Crippen LogP contribution in [0.15, 0.2) is 6.20 Å². The highest BCUT2D eigenvalue weighted by Crippen LogP contribution is 2.38. The number of sulfone groups is 1. The third-order valence-corrected chi connectivity index (χ3v) is 6.47. The minimum absolute atomic E-state index is 0.137. The average molecular weight is 284 g/mol. The average Bonchev–Trinajstić information content (AvgIpc) is 2.56. The summed E-state index contributed by atoms with van der Waals surface area (Å²) in [5.41, 5.74) is 1.96. The van der Waals surface area contributed by atoms with E-state index in [4.69, 9.17) is 0 Å². The zero-order chi connectivity index (χ0) is 14.3. The molecular weight excluding hydrogens is 260 g/mol. The Labute approximate surface area is 116 Å². The Morgan fingerprint density at radius 1 is 1.37 bits per heavy atom. The van der Waals surface area contributed by atoms with Crippen molar-refractivity contribution >= 4 is 9.84 Å². The van der Waals surface area contributed by atoms with Gasteiger partial charge in [-0.1, -0.05) is 13.8 Å². The molecule has 0 saturated heterocycles. The van der Waals surface area contributed by atoms with Gasteiger partial charge < -0.3 is 0 Å². The molecule has 0 aliphatic heterocycles. The van der Waals surface area contributed by atoms with Gasteiger partial charge in [-0.15, -0.1) is 0 Å². The molecule has 1 aromatic heterocycles. The third kappa shape index (κ3) is 3.38. The Kier molecular flexibility index (Phi) is 3.78. The molecule has 1 aliphatic rings. The van der Waals surface area contributed by atoms with Gasteiger partial charge in [-0.25, -0.2) is 8.42 Å². The molecule has 0 aromatic carbocycles. The van der Waals surface area contributed by atoms with Gasteiger partial charge in [0.15, 0.2) is 9.84 Å². The lowest BCUT2D eigenvalue weighted by Crippen LogP contribution is -2.31. The maximum absolute atomic E-state index is 12.5. The van der Waals surface area contributed by atoms with Crippen LogP contribution in [0.3, 0.4) is 0 Å². The van der Waals surface area contributed by atoms with Crippen molar-refractivity contribution in [2.45, 2.75) is 57.5 Å². The highest BCUT2D eigenvalue weighted by atomic mass is 32.2. The summed E-state index contributed by atoms with van der Waals surface area (Å²) in [7, 11) is -1.22. The second kappa shape index (κ2) is 4.93. The van der Waals surface area contributed by atoms with Crippen LogP contribution in [0.25, 0.3) is 0 Å². The standard InChI is InChI=1S/C14H24N2O2S/c1-11-12(9-16(4)15-11)10-19(17,18)13-5-7-14(2,3)8-6-13/h9,13H,5-8,10H2,1-4H3. The molecule has 5 heteroatoms. The lowest BCUT2D eigenvalue weighted by Gasteiger charge is -2.33. The summed E-state index contributed by atoms with van der Waals surface area (Å²) in [5.74, 6) is 0.137. The molecule has 1 aromatic rings. The zero-order valence-electron chi connectivity index (χ0n) is 12.3. The van der Waals surface area contributed by atoms with Gasteiger partial charge in [0.2, 0.25) is 0 Å². The van der Waals surface area contributed by atoms with Gasteiger partial charge in [-0.2, -0.15) is 5.10 Å². The van der Waals surface area contributed by atoms with Crippen LogP contribution in [0.4, 0.5) is 0 Å². The minimum atomic E-state index is -3.05. The summed E-state index contributed by atoms with van der Waals surface area (Å²) in [6.45, 7) is 6.32. The molecule has 0 atom stereocenters. The molecule has 1 fully saturated rings. The van der Waals surface area contributed by atoms with E-state index in [1.54, 1.807) is 4.68 Å². The Morgan fingerprint density at radius 2 is 1.95 bits per heavy atom. The highest BCUT2D eigenvalue weighted by Gasteiger charge is 2.34. The van der Waals surface area contributed by atoms with Crippen molar-refractivity contribution < 1.29 is 8.42 Å². The quantitative estimate of drug-likeness (QED) is 0.857. The molecule has 0 bridgehead atoms. The number of rotatable bonds is 3. The van der Waals surface area contributed by atoms with E-state index in [9.17, 15) is 8.42 Å². The summed E-state index contributed by atoms with van der Waals surface area (Å²) >= 11 is 0. The van der Waals surface area contributed by atoms with Crippen LogP contribution >= 0.6 is 0 Å². The molecule has 108 valence electrons. The Balaban J connectivity index is 2.09. The van der Waals surface area contributed by atoms with Gasteiger partial charge in [0.1, 0.15) is 0 Å². The fourth-order valence-electron chi connectivity index (χ4n) is 2.86. The van der Waals surface area contributed by atoms with Crippen LogP contribution in [0.2, 0.25) is 0 Å². The van der Waals surface area contributed by atoms with Crippen LogP contribution in [0, 0.1) is 12.3 Å². The van der Waals surface area contributed by atoms with E-state index < -0.39 is 9.84 Å². The molecule has 19 heavy (non-hydrogen) atoms. The van der Waals surface area contributed by atoms with Crippen LogP contribution in [-0.4, -0.2) is 23.4 Å². The molecule has 1 saturated carbocycles. The van der Waals surface area contributed by atoms with Crippen molar-refractivity contribution in [1.82, 2.24) is 9.78 Å². The first kappa shape index (κ1) is 14.6. The van der Waals surface area contributed by atoms with Gasteiger partial charge in [0.25, 0.3) is 0 Å². The van der Waals surface area contributed by atoms with Crippen LogP contribution in [0.1, 0.15) is 50.8 Å². The van der Waals surface area contributed by atoms with Gasteiger partial charge in [0, 0.05) is 18.8 Å². The summed E-state index contributed by atoms with van der Waals surface area (Å²) < 4.78 is 26.7. The largest absolute Gasteiger partial charge is 0.275 e. The topological polar surface area (TPSA) is 52.0 Å².